The van der Waals surface area contributed by atoms with Crippen LogP contribution in [0.2, 0.25) is 18.1 Å². The molecule has 1 aromatic rings. The third kappa shape index (κ3) is 3.46. The number of hydrogen-bond donors (Lipinski definition) is 1. The average molecular weight is 375 g/mol. The highest BCUT2D eigenvalue weighted by Gasteiger charge is 2.56. The summed E-state index contributed by atoms with van der Waals surface area (Å²) in [6.45, 7) is 10.6. The fraction of sp³-hybridized carbons (Fsp3) is 0.526. The van der Waals surface area contributed by atoms with E-state index in [9.17, 15) is 14.4 Å². The van der Waals surface area contributed by atoms with Gasteiger partial charge in [0, 0.05) is 6.42 Å². The van der Waals surface area contributed by atoms with E-state index in [0.29, 0.717) is 11.3 Å². The summed E-state index contributed by atoms with van der Waals surface area (Å²) in [5.41, 5.74) is 0.372. The van der Waals surface area contributed by atoms with E-state index < -0.39 is 32.5 Å². The molecule has 1 saturated carbocycles. The second-order valence-corrected chi connectivity index (χ2v) is 13.2. The zero-order chi connectivity index (χ0) is 19.3. The molecule has 1 N–H and O–H groups in total. The monoisotopic (exact) mass is 375 g/mol. The number of ether oxygens (including phenoxy) is 1. The molecule has 1 heterocycles. The Morgan fingerprint density at radius 2 is 1.85 bits per heavy atom. The molecule has 1 unspecified atom stereocenters. The van der Waals surface area contributed by atoms with Crippen molar-refractivity contribution >= 4 is 25.8 Å². The summed E-state index contributed by atoms with van der Waals surface area (Å²) in [6.07, 6.45) is -1.29. The standard InChI is InChI=1S/C19H25NO5Si/c1-19(2,3)26(4,5)25-14-9-7-6-8-11(14)18(23)20-12-10-13(21)16-17(24-16)15(12)22/h6-9,12,16-17H,10H2,1-5H3,(H,20,23)/t12?,16-,17+/m0/s1. The molecule has 26 heavy (non-hydrogen) atoms. The van der Waals surface area contributed by atoms with Gasteiger partial charge in [-0.15, -0.1) is 0 Å². The number of ketones is 2. The minimum absolute atomic E-state index is 0.0132. The number of amides is 1. The van der Waals surface area contributed by atoms with E-state index in [1.165, 1.54) is 0 Å². The molecule has 2 aliphatic rings. The first-order chi connectivity index (χ1) is 12.0. The highest BCUT2D eigenvalue weighted by molar-refractivity contribution is 6.74. The van der Waals surface area contributed by atoms with Crippen LogP contribution in [0.4, 0.5) is 0 Å². The van der Waals surface area contributed by atoms with Gasteiger partial charge in [0.05, 0.1) is 11.6 Å². The molecule has 1 saturated heterocycles. The number of fused-ring (bicyclic) bond motifs is 1. The van der Waals surface area contributed by atoms with Gasteiger partial charge in [0.2, 0.25) is 0 Å². The van der Waals surface area contributed by atoms with Crippen LogP contribution in [-0.4, -0.2) is 44.0 Å². The largest absolute Gasteiger partial charge is 0.543 e. The van der Waals surface area contributed by atoms with Crippen molar-refractivity contribution in [2.45, 2.75) is 63.6 Å². The van der Waals surface area contributed by atoms with Crippen LogP contribution in [0, 0.1) is 0 Å². The Hall–Kier alpha value is -1.99. The van der Waals surface area contributed by atoms with Gasteiger partial charge in [0.25, 0.3) is 14.2 Å². The van der Waals surface area contributed by atoms with E-state index in [4.69, 9.17) is 9.16 Å². The van der Waals surface area contributed by atoms with Crippen molar-refractivity contribution in [1.29, 1.82) is 0 Å². The Kier molecular flexibility index (Phi) is 4.56. The predicted molar refractivity (Wildman–Crippen MR) is 98.8 cm³/mol. The third-order valence-electron chi connectivity index (χ3n) is 5.45. The number of hydrogen-bond acceptors (Lipinski definition) is 5. The quantitative estimate of drug-likeness (QED) is 0.645. The Morgan fingerprint density at radius 3 is 2.50 bits per heavy atom. The van der Waals surface area contributed by atoms with Crippen molar-refractivity contribution in [2.24, 2.45) is 0 Å². The second kappa shape index (κ2) is 6.31. The van der Waals surface area contributed by atoms with Crippen molar-refractivity contribution in [3.05, 3.63) is 29.8 Å². The first kappa shape index (κ1) is 18.8. The highest BCUT2D eigenvalue weighted by Crippen LogP contribution is 2.38. The molecule has 3 atom stereocenters. The minimum Gasteiger partial charge on any atom is -0.543 e. The van der Waals surface area contributed by atoms with Crippen molar-refractivity contribution in [2.75, 3.05) is 0 Å². The maximum atomic E-state index is 12.8. The number of rotatable bonds is 4. The first-order valence-corrected chi connectivity index (χ1v) is 11.7. The van der Waals surface area contributed by atoms with Crippen LogP contribution in [0.25, 0.3) is 0 Å². The summed E-state index contributed by atoms with van der Waals surface area (Å²) in [5, 5.41) is 2.67. The predicted octanol–water partition coefficient (Wildman–Crippen LogP) is 2.48. The molecule has 1 aromatic carbocycles. The summed E-state index contributed by atoms with van der Waals surface area (Å²) < 4.78 is 11.4. The van der Waals surface area contributed by atoms with Crippen molar-refractivity contribution in [3.8, 4) is 5.75 Å². The van der Waals surface area contributed by atoms with Gasteiger partial charge < -0.3 is 14.5 Å². The summed E-state index contributed by atoms with van der Waals surface area (Å²) in [4.78, 5) is 36.8. The van der Waals surface area contributed by atoms with Crippen LogP contribution in [0.15, 0.2) is 24.3 Å². The molecular formula is C19H25NO5Si. The van der Waals surface area contributed by atoms with Crippen LogP contribution in [-0.2, 0) is 14.3 Å². The van der Waals surface area contributed by atoms with Gasteiger partial charge in [-0.05, 0) is 30.3 Å². The molecule has 0 aromatic heterocycles. The van der Waals surface area contributed by atoms with Crippen molar-refractivity contribution in [1.82, 2.24) is 5.32 Å². The van der Waals surface area contributed by atoms with Gasteiger partial charge in [0.1, 0.15) is 5.75 Å². The Labute approximate surface area is 154 Å². The number of benzene rings is 1. The normalized spacial score (nSPS) is 25.5. The summed E-state index contributed by atoms with van der Waals surface area (Å²) in [7, 11) is -2.13. The minimum atomic E-state index is -2.13. The molecular weight excluding hydrogens is 350 g/mol. The van der Waals surface area contributed by atoms with E-state index in [1.807, 2.05) is 6.07 Å². The number of nitrogens with one attached hydrogen (secondary N) is 1. The fourth-order valence-electron chi connectivity index (χ4n) is 2.72. The number of epoxide rings is 1. The molecule has 2 fully saturated rings. The summed E-state index contributed by atoms with van der Waals surface area (Å²) in [6, 6.07) is 6.17. The van der Waals surface area contributed by atoms with Gasteiger partial charge in [-0.1, -0.05) is 32.9 Å². The lowest BCUT2D eigenvalue weighted by atomic mass is 9.93. The molecule has 0 spiro atoms. The van der Waals surface area contributed by atoms with Gasteiger partial charge >= 0.3 is 0 Å². The first-order valence-electron chi connectivity index (χ1n) is 8.82. The Bertz CT molecular complexity index is 767. The van der Waals surface area contributed by atoms with Crippen molar-refractivity contribution < 1.29 is 23.5 Å². The van der Waals surface area contributed by atoms with Gasteiger partial charge in [-0.3, -0.25) is 14.4 Å². The van der Waals surface area contributed by atoms with Gasteiger partial charge in [-0.2, -0.15) is 0 Å². The molecule has 7 heteroatoms. The van der Waals surface area contributed by atoms with Gasteiger partial charge in [-0.25, -0.2) is 0 Å². The Balaban J connectivity index is 1.78. The molecule has 0 bridgehead atoms. The number of carbonyl (C=O) groups is 3. The molecule has 1 aliphatic heterocycles. The maximum Gasteiger partial charge on any atom is 0.255 e. The highest BCUT2D eigenvalue weighted by atomic mass is 28.4. The number of para-hydroxylation sites is 1. The smallest absolute Gasteiger partial charge is 0.255 e. The number of carbonyl (C=O) groups excluding carboxylic acids is 3. The van der Waals surface area contributed by atoms with Crippen LogP contribution >= 0.6 is 0 Å². The Morgan fingerprint density at radius 1 is 1.19 bits per heavy atom. The van der Waals surface area contributed by atoms with Crippen LogP contribution < -0.4 is 9.74 Å². The second-order valence-electron chi connectivity index (χ2n) is 8.43. The van der Waals surface area contributed by atoms with E-state index in [2.05, 4.69) is 39.2 Å². The molecule has 1 aliphatic carbocycles. The SMILES string of the molecule is CC(C)(C)[Si](C)(C)Oc1ccccc1C(=O)NC1CC(=O)[C@@H]2O[C@@H]2C1=O. The summed E-state index contributed by atoms with van der Waals surface area (Å²) in [5.74, 6) is -0.271. The average Bonchev–Trinajstić information content (AvgIpc) is 3.32. The lowest BCUT2D eigenvalue weighted by molar-refractivity contribution is -0.128. The molecule has 3 rings (SSSR count). The molecule has 6 nitrogen and oxygen atoms in total. The lowest BCUT2D eigenvalue weighted by Gasteiger charge is -2.37. The maximum absolute atomic E-state index is 12.8. The zero-order valence-corrected chi connectivity index (χ0v) is 16.8. The zero-order valence-electron chi connectivity index (χ0n) is 15.8. The lowest BCUT2D eigenvalue weighted by Crippen LogP contribution is -2.48. The van der Waals surface area contributed by atoms with E-state index >= 15 is 0 Å². The van der Waals surface area contributed by atoms with Crippen molar-refractivity contribution in [3.63, 3.8) is 0 Å². The van der Waals surface area contributed by atoms with E-state index in [1.54, 1.807) is 18.2 Å². The molecule has 1 amide bonds. The summed E-state index contributed by atoms with van der Waals surface area (Å²) >= 11 is 0. The van der Waals surface area contributed by atoms with Crippen LogP contribution in [0.1, 0.15) is 37.6 Å². The van der Waals surface area contributed by atoms with Gasteiger partial charge in [0.15, 0.2) is 23.8 Å². The molecule has 0 radical (unpaired) electrons. The van der Waals surface area contributed by atoms with E-state index in [-0.39, 0.29) is 23.0 Å². The fourth-order valence-corrected chi connectivity index (χ4v) is 3.75. The van der Waals surface area contributed by atoms with E-state index in [0.717, 1.165) is 0 Å². The van der Waals surface area contributed by atoms with Crippen LogP contribution in [0.3, 0.4) is 0 Å². The topological polar surface area (TPSA) is 85.0 Å². The van der Waals surface area contributed by atoms with Crippen LogP contribution in [0.5, 0.6) is 5.75 Å². The number of Topliss-reactive ketones (excluding diaryl/α,β-unsaturated/α-hetero) is 2. The third-order valence-corrected chi connectivity index (χ3v) is 9.79. The molecule has 140 valence electrons.